The van der Waals surface area contributed by atoms with Crippen LogP contribution in [0.1, 0.15) is 11.1 Å². The quantitative estimate of drug-likeness (QED) is 0.784. The fourth-order valence-electron chi connectivity index (χ4n) is 1.76. The molecule has 0 unspecified atom stereocenters. The van der Waals surface area contributed by atoms with E-state index >= 15 is 0 Å². The molecule has 0 spiro atoms. The first kappa shape index (κ1) is 15.2. The lowest BCUT2D eigenvalue weighted by atomic mass is 10.1. The number of amides is 1. The van der Waals surface area contributed by atoms with Gasteiger partial charge in [-0.2, -0.15) is 0 Å². The van der Waals surface area contributed by atoms with Crippen LogP contribution in [0.4, 0.5) is 10.1 Å². The van der Waals surface area contributed by atoms with E-state index in [0.717, 1.165) is 10.0 Å². The van der Waals surface area contributed by atoms with Crippen molar-refractivity contribution >= 4 is 43.5 Å². The maximum absolute atomic E-state index is 13.3. The molecule has 20 heavy (non-hydrogen) atoms. The number of hydrogen-bond donors (Lipinski definition) is 1. The Morgan fingerprint density at radius 2 is 1.85 bits per heavy atom. The van der Waals surface area contributed by atoms with Crippen LogP contribution in [0, 0.1) is 12.7 Å². The minimum atomic E-state index is -0.339. The van der Waals surface area contributed by atoms with Crippen LogP contribution >= 0.6 is 31.9 Å². The van der Waals surface area contributed by atoms with Crippen LogP contribution < -0.4 is 5.32 Å². The minimum Gasteiger partial charge on any atom is -0.326 e. The highest BCUT2D eigenvalue weighted by atomic mass is 79.9. The molecule has 2 aromatic carbocycles. The fraction of sp³-hybridized carbons (Fsp3) is 0.133. The number of benzene rings is 2. The summed E-state index contributed by atoms with van der Waals surface area (Å²) in [5.41, 5.74) is 2.22. The van der Waals surface area contributed by atoms with Crippen LogP contribution in [0.2, 0.25) is 0 Å². The van der Waals surface area contributed by atoms with Crippen LogP contribution in [0.25, 0.3) is 0 Å². The summed E-state index contributed by atoms with van der Waals surface area (Å²) in [6.45, 7) is 1.75. The molecule has 0 aliphatic rings. The van der Waals surface area contributed by atoms with Gasteiger partial charge in [0, 0.05) is 10.2 Å². The second-order valence-electron chi connectivity index (χ2n) is 4.43. The molecular formula is C15H12Br2FNO. The largest absolute Gasteiger partial charge is 0.326 e. The van der Waals surface area contributed by atoms with Gasteiger partial charge in [-0.1, -0.05) is 28.1 Å². The molecule has 1 N–H and O–H groups in total. The van der Waals surface area contributed by atoms with Gasteiger partial charge < -0.3 is 5.32 Å². The standard InChI is InChI=1S/C15H12Br2FNO/c1-9-6-13(18)12(17)8-14(9)19-15(20)7-10-2-4-11(16)5-3-10/h2-6,8H,7H2,1H3,(H,19,20). The molecule has 0 aromatic heterocycles. The van der Waals surface area contributed by atoms with Gasteiger partial charge in [-0.05, 0) is 58.2 Å². The van der Waals surface area contributed by atoms with Crippen molar-refractivity contribution < 1.29 is 9.18 Å². The molecule has 2 aromatic rings. The summed E-state index contributed by atoms with van der Waals surface area (Å²) in [5, 5.41) is 2.79. The smallest absolute Gasteiger partial charge is 0.228 e. The minimum absolute atomic E-state index is 0.131. The molecule has 0 bridgehead atoms. The Labute approximate surface area is 133 Å². The van der Waals surface area contributed by atoms with Gasteiger partial charge in [0.1, 0.15) is 5.82 Å². The van der Waals surface area contributed by atoms with Gasteiger partial charge in [-0.3, -0.25) is 4.79 Å². The lowest BCUT2D eigenvalue weighted by Crippen LogP contribution is -2.15. The van der Waals surface area contributed by atoms with E-state index in [1.54, 1.807) is 13.0 Å². The molecular weight excluding hydrogens is 389 g/mol. The van der Waals surface area contributed by atoms with Crippen LogP contribution in [0.3, 0.4) is 0 Å². The summed E-state index contributed by atoms with van der Waals surface area (Å²) in [4.78, 5) is 12.0. The molecule has 0 atom stereocenters. The molecule has 104 valence electrons. The number of halogens is 3. The monoisotopic (exact) mass is 399 g/mol. The predicted octanol–water partition coefficient (Wildman–Crippen LogP) is 4.84. The Morgan fingerprint density at radius 1 is 1.20 bits per heavy atom. The van der Waals surface area contributed by atoms with Gasteiger partial charge in [0.2, 0.25) is 5.91 Å². The summed E-state index contributed by atoms with van der Waals surface area (Å²) < 4.78 is 14.6. The maximum Gasteiger partial charge on any atom is 0.228 e. The summed E-state index contributed by atoms with van der Waals surface area (Å²) in [6, 6.07) is 10.5. The Bertz CT molecular complexity index is 641. The van der Waals surface area contributed by atoms with Gasteiger partial charge >= 0.3 is 0 Å². The van der Waals surface area contributed by atoms with Gasteiger partial charge in [-0.15, -0.1) is 0 Å². The van der Waals surface area contributed by atoms with Crippen molar-refractivity contribution in [2.24, 2.45) is 0 Å². The summed E-state index contributed by atoms with van der Waals surface area (Å²) >= 11 is 6.46. The Balaban J connectivity index is 2.08. The van der Waals surface area contributed by atoms with Crippen molar-refractivity contribution in [3.63, 3.8) is 0 Å². The zero-order valence-electron chi connectivity index (χ0n) is 10.7. The molecule has 0 aliphatic heterocycles. The molecule has 2 nitrogen and oxygen atoms in total. The Hall–Kier alpha value is -1.20. The van der Waals surface area contributed by atoms with E-state index < -0.39 is 0 Å². The average Bonchev–Trinajstić information content (AvgIpc) is 2.39. The third-order valence-electron chi connectivity index (χ3n) is 2.82. The van der Waals surface area contributed by atoms with Crippen LogP contribution in [-0.2, 0) is 11.2 Å². The zero-order valence-corrected chi connectivity index (χ0v) is 13.9. The fourth-order valence-corrected chi connectivity index (χ4v) is 2.37. The molecule has 0 saturated carbocycles. The van der Waals surface area contributed by atoms with Crippen molar-refractivity contribution in [3.05, 3.63) is 62.3 Å². The normalized spacial score (nSPS) is 10.4. The number of rotatable bonds is 3. The third kappa shape index (κ3) is 3.90. The highest BCUT2D eigenvalue weighted by molar-refractivity contribution is 9.10. The van der Waals surface area contributed by atoms with E-state index in [9.17, 15) is 9.18 Å². The molecule has 0 saturated heterocycles. The zero-order chi connectivity index (χ0) is 14.7. The maximum atomic E-state index is 13.3. The van der Waals surface area contributed by atoms with Crippen molar-refractivity contribution in [1.29, 1.82) is 0 Å². The van der Waals surface area contributed by atoms with Crippen molar-refractivity contribution in [2.75, 3.05) is 5.32 Å². The van der Waals surface area contributed by atoms with Crippen LogP contribution in [0.5, 0.6) is 0 Å². The number of hydrogen-bond acceptors (Lipinski definition) is 1. The summed E-state index contributed by atoms with van der Waals surface area (Å²) in [6.07, 6.45) is 0.279. The topological polar surface area (TPSA) is 29.1 Å². The van der Waals surface area contributed by atoms with E-state index in [2.05, 4.69) is 37.2 Å². The highest BCUT2D eigenvalue weighted by Crippen LogP contribution is 2.24. The third-order valence-corrected chi connectivity index (χ3v) is 3.96. The Kier molecular flexibility index (Phi) is 4.94. The van der Waals surface area contributed by atoms with E-state index in [-0.39, 0.29) is 18.1 Å². The number of anilines is 1. The summed E-state index contributed by atoms with van der Waals surface area (Å²) in [7, 11) is 0. The van der Waals surface area contributed by atoms with Gasteiger partial charge in [0.25, 0.3) is 0 Å². The molecule has 0 heterocycles. The van der Waals surface area contributed by atoms with Gasteiger partial charge in [0.15, 0.2) is 0 Å². The molecule has 5 heteroatoms. The van der Waals surface area contributed by atoms with E-state index in [1.165, 1.54) is 6.07 Å². The van der Waals surface area contributed by atoms with E-state index in [0.29, 0.717) is 15.7 Å². The molecule has 0 fully saturated rings. The lowest BCUT2D eigenvalue weighted by Gasteiger charge is -2.09. The first-order chi connectivity index (χ1) is 9.45. The summed E-state index contributed by atoms with van der Waals surface area (Å²) in [5.74, 6) is -0.470. The van der Waals surface area contributed by atoms with Gasteiger partial charge in [0.05, 0.1) is 10.9 Å². The van der Waals surface area contributed by atoms with Crippen molar-refractivity contribution in [2.45, 2.75) is 13.3 Å². The SMILES string of the molecule is Cc1cc(F)c(Br)cc1NC(=O)Cc1ccc(Br)cc1. The first-order valence-electron chi connectivity index (χ1n) is 5.95. The molecule has 2 rings (SSSR count). The highest BCUT2D eigenvalue weighted by Gasteiger charge is 2.09. The number of carbonyl (C=O) groups excluding carboxylic acids is 1. The number of aryl methyl sites for hydroxylation is 1. The van der Waals surface area contributed by atoms with Crippen molar-refractivity contribution in [3.8, 4) is 0 Å². The second kappa shape index (κ2) is 6.50. The molecule has 0 aliphatic carbocycles. The first-order valence-corrected chi connectivity index (χ1v) is 7.54. The second-order valence-corrected chi connectivity index (χ2v) is 6.20. The van der Waals surface area contributed by atoms with Crippen LogP contribution in [0.15, 0.2) is 45.3 Å². The van der Waals surface area contributed by atoms with E-state index in [1.807, 2.05) is 24.3 Å². The predicted molar refractivity (Wildman–Crippen MR) is 85.3 cm³/mol. The number of carbonyl (C=O) groups is 1. The number of nitrogens with one attached hydrogen (secondary N) is 1. The van der Waals surface area contributed by atoms with E-state index in [4.69, 9.17) is 0 Å². The Morgan fingerprint density at radius 3 is 2.50 bits per heavy atom. The average molecular weight is 401 g/mol. The van der Waals surface area contributed by atoms with Crippen LogP contribution in [-0.4, -0.2) is 5.91 Å². The molecule has 1 amide bonds. The lowest BCUT2D eigenvalue weighted by molar-refractivity contribution is -0.115. The van der Waals surface area contributed by atoms with Crippen molar-refractivity contribution in [1.82, 2.24) is 0 Å². The van der Waals surface area contributed by atoms with Gasteiger partial charge in [-0.25, -0.2) is 4.39 Å². The molecule has 0 radical (unpaired) electrons.